The minimum absolute atomic E-state index is 0.0615. The third-order valence-electron chi connectivity index (χ3n) is 5.28. The number of aliphatic hydroxyl groups is 1. The van der Waals surface area contributed by atoms with E-state index in [2.05, 4.69) is 4.98 Å². The molecule has 142 valence electrons. The van der Waals surface area contributed by atoms with E-state index >= 15 is 0 Å². The molecule has 1 atom stereocenters. The quantitative estimate of drug-likeness (QED) is 0.564. The molecule has 0 fully saturated rings. The lowest BCUT2D eigenvalue weighted by Gasteiger charge is -2.15. The molecule has 0 aliphatic heterocycles. The highest BCUT2D eigenvalue weighted by Crippen LogP contribution is 2.34. The van der Waals surface area contributed by atoms with Gasteiger partial charge in [0.15, 0.2) is 0 Å². The second-order valence-electron chi connectivity index (χ2n) is 7.18. The summed E-state index contributed by atoms with van der Waals surface area (Å²) in [6.07, 6.45) is 3.83. The van der Waals surface area contributed by atoms with Gasteiger partial charge in [-0.3, -0.25) is 9.36 Å². The zero-order valence-corrected chi connectivity index (χ0v) is 16.1. The van der Waals surface area contributed by atoms with E-state index in [9.17, 15) is 9.90 Å². The summed E-state index contributed by atoms with van der Waals surface area (Å²) in [6, 6.07) is 13.8. The summed E-state index contributed by atoms with van der Waals surface area (Å²) in [5.74, 6) is 0.730. The van der Waals surface area contributed by atoms with Crippen molar-refractivity contribution in [3.63, 3.8) is 0 Å². The Labute approximate surface area is 165 Å². The molecule has 2 heterocycles. The van der Waals surface area contributed by atoms with E-state index in [4.69, 9.17) is 4.74 Å². The first-order chi connectivity index (χ1) is 13.7. The second-order valence-corrected chi connectivity index (χ2v) is 8.27. The molecule has 28 heavy (non-hydrogen) atoms. The Morgan fingerprint density at radius 1 is 1.18 bits per heavy atom. The van der Waals surface area contributed by atoms with Crippen LogP contribution >= 0.6 is 11.3 Å². The summed E-state index contributed by atoms with van der Waals surface area (Å²) in [6.45, 7) is 0.275. The zero-order chi connectivity index (χ0) is 19.1. The molecule has 1 aliphatic carbocycles. The summed E-state index contributed by atoms with van der Waals surface area (Å²) >= 11 is 1.63. The van der Waals surface area contributed by atoms with Crippen LogP contribution in [-0.4, -0.2) is 27.4 Å². The van der Waals surface area contributed by atoms with Crippen molar-refractivity contribution >= 4 is 32.3 Å². The van der Waals surface area contributed by atoms with Crippen LogP contribution in [0.2, 0.25) is 0 Å². The Balaban J connectivity index is 1.35. The van der Waals surface area contributed by atoms with Gasteiger partial charge in [-0.15, -0.1) is 11.3 Å². The third kappa shape index (κ3) is 2.99. The molecule has 2 aromatic heterocycles. The van der Waals surface area contributed by atoms with E-state index in [0.717, 1.165) is 51.6 Å². The minimum atomic E-state index is -0.803. The van der Waals surface area contributed by atoms with Crippen LogP contribution in [0, 0.1) is 0 Å². The molecular weight excluding hydrogens is 372 g/mol. The van der Waals surface area contributed by atoms with Crippen molar-refractivity contribution in [2.45, 2.75) is 31.9 Å². The van der Waals surface area contributed by atoms with E-state index in [-0.39, 0.29) is 18.7 Å². The Kier molecular flexibility index (Phi) is 4.37. The smallest absolute Gasteiger partial charge is 0.262 e. The number of thiophene rings is 1. The largest absolute Gasteiger partial charge is 0.490 e. The molecule has 1 aliphatic rings. The number of benzene rings is 2. The average molecular weight is 392 g/mol. The van der Waals surface area contributed by atoms with Crippen LogP contribution in [0.4, 0.5) is 0 Å². The molecule has 0 amide bonds. The van der Waals surface area contributed by atoms with Crippen LogP contribution in [0.3, 0.4) is 0 Å². The Morgan fingerprint density at radius 2 is 2.04 bits per heavy atom. The normalized spacial score (nSPS) is 14.5. The zero-order valence-electron chi connectivity index (χ0n) is 15.3. The molecule has 5 rings (SSSR count). The van der Waals surface area contributed by atoms with E-state index in [1.807, 2.05) is 42.5 Å². The predicted octanol–water partition coefficient (Wildman–Crippen LogP) is 3.54. The second kappa shape index (κ2) is 7.04. The molecule has 0 saturated carbocycles. The first-order valence-electron chi connectivity index (χ1n) is 9.49. The van der Waals surface area contributed by atoms with Gasteiger partial charge < -0.3 is 9.84 Å². The van der Waals surface area contributed by atoms with Gasteiger partial charge in [0.1, 0.15) is 23.3 Å². The molecule has 4 aromatic rings. The molecule has 2 aromatic carbocycles. The van der Waals surface area contributed by atoms with Crippen LogP contribution in [0.1, 0.15) is 16.9 Å². The van der Waals surface area contributed by atoms with Crippen molar-refractivity contribution in [2.75, 3.05) is 6.61 Å². The minimum Gasteiger partial charge on any atom is -0.490 e. The number of hydrogen-bond donors (Lipinski definition) is 1. The van der Waals surface area contributed by atoms with Gasteiger partial charge >= 0.3 is 0 Å². The summed E-state index contributed by atoms with van der Waals surface area (Å²) in [7, 11) is 0. The molecule has 0 bridgehead atoms. The molecule has 0 radical (unpaired) electrons. The summed E-state index contributed by atoms with van der Waals surface area (Å²) in [4.78, 5) is 19.5. The van der Waals surface area contributed by atoms with Gasteiger partial charge in [-0.05, 0) is 36.3 Å². The van der Waals surface area contributed by atoms with E-state index < -0.39 is 6.10 Å². The van der Waals surface area contributed by atoms with Crippen LogP contribution in [0.5, 0.6) is 5.75 Å². The first-order valence-corrected chi connectivity index (χ1v) is 10.3. The fourth-order valence-corrected chi connectivity index (χ4v) is 5.16. The number of aliphatic hydroxyl groups excluding tert-OH is 1. The molecule has 5 nitrogen and oxygen atoms in total. The number of aromatic nitrogens is 2. The third-order valence-corrected chi connectivity index (χ3v) is 6.48. The maximum atomic E-state index is 12.9. The lowest BCUT2D eigenvalue weighted by Crippen LogP contribution is -2.30. The molecule has 0 saturated heterocycles. The Bertz CT molecular complexity index is 1220. The molecule has 0 unspecified atom stereocenters. The number of rotatable bonds is 5. The van der Waals surface area contributed by atoms with Crippen LogP contribution in [-0.2, 0) is 19.4 Å². The fraction of sp³-hybridized carbons (Fsp3) is 0.273. The van der Waals surface area contributed by atoms with Gasteiger partial charge in [-0.1, -0.05) is 36.4 Å². The molecule has 1 N–H and O–H groups in total. The highest BCUT2D eigenvalue weighted by atomic mass is 32.1. The lowest BCUT2D eigenvalue weighted by molar-refractivity contribution is 0.0922. The number of aryl methyl sites for hydroxylation is 2. The fourth-order valence-electron chi connectivity index (χ4n) is 3.94. The maximum absolute atomic E-state index is 12.9. The predicted molar refractivity (Wildman–Crippen MR) is 111 cm³/mol. The average Bonchev–Trinajstić information content (AvgIpc) is 3.29. The molecule has 6 heteroatoms. The maximum Gasteiger partial charge on any atom is 0.262 e. The number of hydrogen-bond acceptors (Lipinski definition) is 5. The van der Waals surface area contributed by atoms with Crippen molar-refractivity contribution in [1.82, 2.24) is 9.55 Å². The van der Waals surface area contributed by atoms with E-state index in [1.54, 1.807) is 11.3 Å². The number of fused-ring (bicyclic) bond motifs is 4. The highest BCUT2D eigenvalue weighted by molar-refractivity contribution is 7.18. The van der Waals surface area contributed by atoms with Gasteiger partial charge in [0, 0.05) is 10.3 Å². The van der Waals surface area contributed by atoms with Crippen LogP contribution in [0.15, 0.2) is 53.6 Å². The summed E-state index contributed by atoms with van der Waals surface area (Å²) < 4.78 is 7.36. The monoisotopic (exact) mass is 392 g/mol. The lowest BCUT2D eigenvalue weighted by atomic mass is 10.1. The van der Waals surface area contributed by atoms with E-state index in [1.165, 1.54) is 15.8 Å². The van der Waals surface area contributed by atoms with Gasteiger partial charge in [0.05, 0.1) is 18.3 Å². The molecular formula is C22H20N2O3S. The number of nitrogens with zero attached hydrogens (tertiary/aromatic N) is 2. The van der Waals surface area contributed by atoms with Crippen LogP contribution < -0.4 is 10.3 Å². The van der Waals surface area contributed by atoms with E-state index in [0.29, 0.717) is 0 Å². The van der Waals surface area contributed by atoms with Crippen molar-refractivity contribution < 1.29 is 9.84 Å². The SMILES string of the molecule is O=c1c2c3c(sc2ncn1C[C@@H](O)COc1cccc2ccccc12)CCC3. The Morgan fingerprint density at radius 3 is 2.96 bits per heavy atom. The van der Waals surface area contributed by atoms with Crippen molar-refractivity contribution in [2.24, 2.45) is 0 Å². The van der Waals surface area contributed by atoms with Crippen molar-refractivity contribution in [3.8, 4) is 5.75 Å². The van der Waals surface area contributed by atoms with Crippen molar-refractivity contribution in [1.29, 1.82) is 0 Å². The topological polar surface area (TPSA) is 64.4 Å². The highest BCUT2D eigenvalue weighted by Gasteiger charge is 2.21. The van der Waals surface area contributed by atoms with Crippen LogP contribution in [0.25, 0.3) is 21.0 Å². The number of ether oxygens (including phenoxy) is 1. The molecule has 0 spiro atoms. The summed E-state index contributed by atoms with van der Waals surface area (Å²) in [5, 5.41) is 13.3. The first kappa shape index (κ1) is 17.4. The Hall–Kier alpha value is -2.70. The van der Waals surface area contributed by atoms with Gasteiger partial charge in [0.2, 0.25) is 0 Å². The summed E-state index contributed by atoms with van der Waals surface area (Å²) in [5.41, 5.74) is 1.10. The van der Waals surface area contributed by atoms with Gasteiger partial charge in [-0.2, -0.15) is 0 Å². The van der Waals surface area contributed by atoms with Crippen molar-refractivity contribution in [3.05, 3.63) is 69.6 Å². The van der Waals surface area contributed by atoms with Gasteiger partial charge in [0.25, 0.3) is 5.56 Å². The standard InChI is InChI=1S/C22H20N2O3S/c25-15(12-27-18-9-3-6-14-5-1-2-7-16(14)18)11-24-13-23-21-20(22(24)26)17-8-4-10-19(17)28-21/h1-3,5-7,9,13,15,25H,4,8,10-12H2/t15-/m1/s1. The van der Waals surface area contributed by atoms with Gasteiger partial charge in [-0.25, -0.2) is 4.98 Å².